The molecule has 0 bridgehead atoms. The molecule has 2 aromatic carbocycles. The highest BCUT2D eigenvalue weighted by Crippen LogP contribution is 2.42. The van der Waals surface area contributed by atoms with Gasteiger partial charge in [0, 0.05) is 5.56 Å². The van der Waals surface area contributed by atoms with E-state index in [1.165, 1.54) is 0 Å². The van der Waals surface area contributed by atoms with Crippen LogP contribution in [0.15, 0.2) is 30.3 Å². The number of hydrogen-bond acceptors (Lipinski definition) is 5. The molecule has 1 aliphatic rings. The van der Waals surface area contributed by atoms with Crippen LogP contribution in [0.1, 0.15) is 15.9 Å². The van der Waals surface area contributed by atoms with Crippen molar-refractivity contribution in [1.82, 2.24) is 0 Å². The van der Waals surface area contributed by atoms with Gasteiger partial charge in [0.15, 0.2) is 11.5 Å². The highest BCUT2D eigenvalue weighted by molar-refractivity contribution is 5.96. The molecule has 0 fully saturated rings. The third-order valence-electron chi connectivity index (χ3n) is 3.72. The summed E-state index contributed by atoms with van der Waals surface area (Å²) in [6.07, 6.45) is 0. The van der Waals surface area contributed by atoms with Gasteiger partial charge in [-0.1, -0.05) is 12.1 Å². The van der Waals surface area contributed by atoms with Gasteiger partial charge in [0.1, 0.15) is 6.61 Å². The van der Waals surface area contributed by atoms with Gasteiger partial charge in [0.05, 0.1) is 26.9 Å². The quantitative estimate of drug-likeness (QED) is 0.812. The first kappa shape index (κ1) is 14.3. The Hall–Kier alpha value is -2.69. The van der Waals surface area contributed by atoms with Gasteiger partial charge in [0.2, 0.25) is 5.75 Å². The number of carbonyl (C=O) groups is 1. The van der Waals surface area contributed by atoms with Crippen molar-refractivity contribution < 1.29 is 23.7 Å². The minimum absolute atomic E-state index is 0.279. The zero-order valence-electron chi connectivity index (χ0n) is 12.6. The summed E-state index contributed by atoms with van der Waals surface area (Å²) in [4.78, 5) is 11.7. The molecule has 22 heavy (non-hydrogen) atoms. The smallest absolute Gasteiger partial charge is 0.338 e. The van der Waals surface area contributed by atoms with E-state index in [1.54, 1.807) is 27.4 Å². The van der Waals surface area contributed by atoms with E-state index in [1.807, 2.05) is 24.3 Å². The number of rotatable bonds is 4. The maximum Gasteiger partial charge on any atom is 0.338 e. The lowest BCUT2D eigenvalue weighted by Crippen LogP contribution is -1.97. The Bertz CT molecular complexity index is 711. The van der Waals surface area contributed by atoms with Crippen molar-refractivity contribution >= 4 is 5.97 Å². The van der Waals surface area contributed by atoms with Crippen LogP contribution in [0.2, 0.25) is 0 Å². The summed E-state index contributed by atoms with van der Waals surface area (Å²) >= 11 is 0. The van der Waals surface area contributed by atoms with Gasteiger partial charge < -0.3 is 18.9 Å². The molecule has 0 aromatic heterocycles. The number of methoxy groups -OCH3 is 3. The summed E-state index contributed by atoms with van der Waals surface area (Å²) in [6, 6.07) is 9.27. The molecule has 114 valence electrons. The summed E-state index contributed by atoms with van der Waals surface area (Å²) < 4.78 is 21.2. The van der Waals surface area contributed by atoms with Crippen LogP contribution >= 0.6 is 0 Å². The number of benzene rings is 2. The van der Waals surface area contributed by atoms with E-state index in [0.29, 0.717) is 22.8 Å². The number of ether oxygens (including phenoxy) is 4. The van der Waals surface area contributed by atoms with Crippen LogP contribution in [0.3, 0.4) is 0 Å². The van der Waals surface area contributed by atoms with Gasteiger partial charge in [-0.05, 0) is 29.3 Å². The second-order valence-electron chi connectivity index (χ2n) is 4.82. The highest BCUT2D eigenvalue weighted by Gasteiger charge is 2.25. The molecule has 1 aliphatic heterocycles. The number of cyclic esters (lactones) is 1. The van der Waals surface area contributed by atoms with E-state index in [0.717, 1.165) is 16.7 Å². The van der Waals surface area contributed by atoms with Crippen molar-refractivity contribution in [3.05, 3.63) is 41.5 Å². The zero-order chi connectivity index (χ0) is 15.7. The maximum atomic E-state index is 11.7. The number of esters is 1. The second-order valence-corrected chi connectivity index (χ2v) is 4.82. The summed E-state index contributed by atoms with van der Waals surface area (Å²) in [5.74, 6) is 1.39. The third-order valence-corrected chi connectivity index (χ3v) is 3.72. The minimum atomic E-state index is -0.288. The van der Waals surface area contributed by atoms with Crippen LogP contribution in [-0.2, 0) is 11.3 Å². The molecular weight excluding hydrogens is 284 g/mol. The topological polar surface area (TPSA) is 54.0 Å². The van der Waals surface area contributed by atoms with Crippen LogP contribution in [-0.4, -0.2) is 27.3 Å². The maximum absolute atomic E-state index is 11.7. The summed E-state index contributed by atoms with van der Waals surface area (Å²) in [5.41, 5.74) is 3.28. The van der Waals surface area contributed by atoms with E-state index >= 15 is 0 Å². The van der Waals surface area contributed by atoms with Gasteiger partial charge >= 0.3 is 5.97 Å². The van der Waals surface area contributed by atoms with E-state index in [4.69, 9.17) is 18.9 Å². The van der Waals surface area contributed by atoms with Crippen molar-refractivity contribution in [2.24, 2.45) is 0 Å². The van der Waals surface area contributed by atoms with Crippen molar-refractivity contribution in [2.45, 2.75) is 6.61 Å². The number of hydrogen-bond donors (Lipinski definition) is 0. The highest BCUT2D eigenvalue weighted by atomic mass is 16.5. The Kier molecular flexibility index (Phi) is 3.63. The summed E-state index contributed by atoms with van der Waals surface area (Å²) in [6.45, 7) is 0.279. The average molecular weight is 300 g/mol. The van der Waals surface area contributed by atoms with Crippen LogP contribution in [0.25, 0.3) is 11.1 Å². The van der Waals surface area contributed by atoms with E-state index in [2.05, 4.69) is 0 Å². The first-order chi connectivity index (χ1) is 10.7. The van der Waals surface area contributed by atoms with Crippen molar-refractivity contribution in [1.29, 1.82) is 0 Å². The molecule has 5 heteroatoms. The van der Waals surface area contributed by atoms with Gasteiger partial charge in [-0.3, -0.25) is 0 Å². The molecule has 2 aromatic rings. The lowest BCUT2D eigenvalue weighted by atomic mass is 9.96. The first-order valence-electron chi connectivity index (χ1n) is 6.79. The van der Waals surface area contributed by atoms with Gasteiger partial charge in [0.25, 0.3) is 0 Å². The molecule has 0 amide bonds. The lowest BCUT2D eigenvalue weighted by Gasteiger charge is -2.15. The molecular formula is C17H16O5. The Morgan fingerprint density at radius 2 is 1.59 bits per heavy atom. The van der Waals surface area contributed by atoms with Gasteiger partial charge in [-0.2, -0.15) is 0 Å². The largest absolute Gasteiger partial charge is 0.493 e. The van der Waals surface area contributed by atoms with Gasteiger partial charge in [-0.25, -0.2) is 4.79 Å². The molecule has 3 rings (SSSR count). The molecule has 0 spiro atoms. The van der Waals surface area contributed by atoms with Crippen LogP contribution in [0.4, 0.5) is 0 Å². The number of carbonyl (C=O) groups excluding carboxylic acids is 1. The standard InChI is InChI=1S/C17H16O5/c1-19-14-7-10(8-15(20-2)16(14)21-3)11-5-4-6-12-13(11)9-22-17(12)18/h4-8H,9H2,1-3H3. The monoisotopic (exact) mass is 300 g/mol. The molecule has 0 radical (unpaired) electrons. The van der Waals surface area contributed by atoms with Crippen LogP contribution < -0.4 is 14.2 Å². The molecule has 0 saturated heterocycles. The average Bonchev–Trinajstić information content (AvgIpc) is 2.94. The fraction of sp³-hybridized carbons (Fsp3) is 0.235. The van der Waals surface area contributed by atoms with E-state index in [9.17, 15) is 4.79 Å². The normalized spacial score (nSPS) is 12.6. The molecule has 0 N–H and O–H groups in total. The molecule has 0 aliphatic carbocycles. The molecule has 5 nitrogen and oxygen atoms in total. The molecule has 0 unspecified atom stereocenters. The SMILES string of the molecule is COc1cc(-c2cccc3c2COC3=O)cc(OC)c1OC. The Labute approximate surface area is 128 Å². The predicted octanol–water partition coefficient (Wildman–Crippen LogP) is 3.05. The third kappa shape index (κ3) is 2.15. The summed E-state index contributed by atoms with van der Waals surface area (Å²) in [5, 5.41) is 0. The zero-order valence-corrected chi connectivity index (χ0v) is 12.6. The first-order valence-corrected chi connectivity index (χ1v) is 6.79. The predicted molar refractivity (Wildman–Crippen MR) is 80.7 cm³/mol. The van der Waals surface area contributed by atoms with Crippen molar-refractivity contribution in [3.63, 3.8) is 0 Å². The molecule has 0 atom stereocenters. The van der Waals surface area contributed by atoms with E-state index < -0.39 is 0 Å². The second kappa shape index (κ2) is 5.60. The lowest BCUT2D eigenvalue weighted by molar-refractivity contribution is 0.0535. The molecule has 1 heterocycles. The van der Waals surface area contributed by atoms with Crippen LogP contribution in [0, 0.1) is 0 Å². The Balaban J connectivity index is 2.20. The van der Waals surface area contributed by atoms with Crippen molar-refractivity contribution in [2.75, 3.05) is 21.3 Å². The fourth-order valence-electron chi connectivity index (χ4n) is 2.66. The van der Waals surface area contributed by atoms with Crippen LogP contribution in [0.5, 0.6) is 17.2 Å². The van der Waals surface area contributed by atoms with Gasteiger partial charge in [-0.15, -0.1) is 0 Å². The minimum Gasteiger partial charge on any atom is -0.493 e. The summed E-state index contributed by atoms with van der Waals surface area (Å²) in [7, 11) is 4.71. The molecule has 0 saturated carbocycles. The van der Waals surface area contributed by atoms with E-state index in [-0.39, 0.29) is 12.6 Å². The fourth-order valence-corrected chi connectivity index (χ4v) is 2.66. The Morgan fingerprint density at radius 1 is 0.955 bits per heavy atom. The van der Waals surface area contributed by atoms with Crippen molar-refractivity contribution in [3.8, 4) is 28.4 Å². The Morgan fingerprint density at radius 3 is 2.18 bits per heavy atom. The number of fused-ring (bicyclic) bond motifs is 1.